The van der Waals surface area contributed by atoms with Gasteiger partial charge in [0.25, 0.3) is 0 Å². The van der Waals surface area contributed by atoms with Crippen LogP contribution in [-0.4, -0.2) is 162 Å². The van der Waals surface area contributed by atoms with Crippen LogP contribution in [0.1, 0.15) is 67.2 Å². The van der Waals surface area contributed by atoms with Gasteiger partial charge in [0.05, 0.1) is 0 Å². The number of nitrogens with one attached hydrogen (secondary N) is 6. The Bertz CT molecular complexity index is 1820. The summed E-state index contributed by atoms with van der Waals surface area (Å²) in [6.45, 7) is 9.14. The Morgan fingerprint density at radius 2 is 0.775 bits per heavy atom. The molecule has 398 valence electrons. The lowest BCUT2D eigenvalue weighted by atomic mass is 10.2. The monoisotopic (exact) mass is 1090 g/mol. The topological polar surface area (TPSA) is 273 Å². The molecule has 0 atom stereocenters. The quantitative estimate of drug-likeness (QED) is 0.0168. The highest BCUT2D eigenvalue weighted by Crippen LogP contribution is 2.21. The normalized spacial score (nSPS) is 10.9. The van der Waals surface area contributed by atoms with Gasteiger partial charge in [-0.1, -0.05) is 54.6 Å². The number of benzene rings is 2. The maximum atomic E-state index is 13.3. The molecule has 0 radical (unpaired) electrons. The third-order valence-electron chi connectivity index (χ3n) is 10.5. The molecule has 3 amide bonds. The first-order valence-corrected chi connectivity index (χ1v) is 31.3. The molecule has 14 N–H and O–H groups in total. The van der Waals surface area contributed by atoms with Gasteiger partial charge in [-0.25, -0.2) is 0 Å². The Kier molecular flexibility index (Phi) is 37.5. The van der Waals surface area contributed by atoms with E-state index in [4.69, 9.17) is 39.2 Å². The van der Waals surface area contributed by atoms with Crippen molar-refractivity contribution in [3.8, 4) is 0 Å². The number of nitrogens with two attached hydrogens (primary N) is 4. The summed E-state index contributed by atoms with van der Waals surface area (Å²) in [5.41, 5.74) is 26.9. The molecule has 22 heteroatoms. The number of carbonyl (C=O) groups excluding carboxylic acids is 3. The summed E-state index contributed by atoms with van der Waals surface area (Å²) in [5, 5.41) is 30.7. The fourth-order valence-corrected chi connectivity index (χ4v) is 12.3. The Morgan fingerprint density at radius 1 is 0.465 bits per heavy atom. The average Bonchev–Trinajstić information content (AvgIpc) is 3.34. The van der Waals surface area contributed by atoms with Crippen LogP contribution in [0.5, 0.6) is 0 Å². The van der Waals surface area contributed by atoms with Crippen molar-refractivity contribution in [1.82, 2.24) is 30.7 Å². The molecule has 0 saturated heterocycles. The number of hydrogen-bond acceptors (Lipinski definition) is 13. The molecule has 2 aromatic carbocycles. The van der Waals surface area contributed by atoms with Gasteiger partial charge in [0, 0.05) is 118 Å². The first kappa shape index (κ1) is 63.6. The number of carbonyl (C=O) groups is 3. The Labute approximate surface area is 450 Å². The molecule has 0 aliphatic carbocycles. The molecule has 0 aromatic heterocycles. The highest BCUT2D eigenvalue weighted by atomic mass is 32.2. The summed E-state index contributed by atoms with van der Waals surface area (Å²) in [7, 11) is 0. The third kappa shape index (κ3) is 33.7. The molecule has 0 fully saturated rings. The number of amides is 3. The molecule has 0 aliphatic heterocycles. The summed E-state index contributed by atoms with van der Waals surface area (Å²) in [6.07, 6.45) is 7.09. The van der Waals surface area contributed by atoms with Crippen LogP contribution in [0.15, 0.2) is 61.2 Å². The molecule has 0 aliphatic rings. The van der Waals surface area contributed by atoms with Crippen LogP contribution in [0.25, 0.3) is 0 Å². The van der Waals surface area contributed by atoms with E-state index in [2.05, 4.69) is 71.1 Å². The minimum atomic E-state index is -0.107. The second-order valence-electron chi connectivity index (χ2n) is 16.4. The van der Waals surface area contributed by atoms with Gasteiger partial charge in [-0.15, -0.1) is 6.58 Å². The van der Waals surface area contributed by atoms with Crippen molar-refractivity contribution in [1.29, 1.82) is 16.2 Å². The lowest BCUT2D eigenvalue weighted by Crippen LogP contribution is -2.41. The standard InChI is InChI=1S/C49H83N13O3S6/c1-2-22-60(25-19-57-47(51)52)44(63)16-34-70-38-42-11-7-40(8-12-42)37-69-30-5-24-62(27-21-59-49(55)56)46(65)17-35-71-39-43-13-9-41(10-14-43)36-68-29-4-23-61(26-20-58-48(53)54)45(64)15-33-67-32-6-31-66-28-3-18-50/h2,7-14H,1,3-6,15-39,50H2,(H4,51,52,57)(H4,53,54,58)(H4,55,56,59). The zero-order valence-electron chi connectivity index (χ0n) is 41.7. The van der Waals surface area contributed by atoms with E-state index in [0.717, 1.165) is 101 Å². The maximum absolute atomic E-state index is 13.3. The van der Waals surface area contributed by atoms with Gasteiger partial charge in [0.15, 0.2) is 17.9 Å². The molecule has 0 spiro atoms. The van der Waals surface area contributed by atoms with E-state index in [9.17, 15) is 14.4 Å². The van der Waals surface area contributed by atoms with Crippen LogP contribution in [-0.2, 0) is 37.4 Å². The van der Waals surface area contributed by atoms with Gasteiger partial charge < -0.3 is 53.6 Å². The second kappa shape index (κ2) is 41.9. The number of nitrogens with zero attached hydrogens (tertiary/aromatic N) is 3. The zero-order valence-corrected chi connectivity index (χ0v) is 46.6. The molecule has 0 saturated carbocycles. The summed E-state index contributed by atoms with van der Waals surface area (Å²) < 4.78 is 0. The zero-order chi connectivity index (χ0) is 51.7. The molecule has 0 bridgehead atoms. The minimum absolute atomic E-state index is 0.0624. The van der Waals surface area contributed by atoms with E-state index >= 15 is 0 Å². The minimum Gasteiger partial charge on any atom is -0.370 e. The molecule has 2 aromatic rings. The summed E-state index contributed by atoms with van der Waals surface area (Å²) >= 11 is 11.0. The van der Waals surface area contributed by atoms with E-state index in [0.29, 0.717) is 78.2 Å². The molecule has 71 heavy (non-hydrogen) atoms. The molecule has 2 rings (SSSR count). The Morgan fingerprint density at radius 3 is 1.14 bits per heavy atom. The van der Waals surface area contributed by atoms with Gasteiger partial charge in [0.1, 0.15) is 0 Å². The van der Waals surface area contributed by atoms with Crippen molar-refractivity contribution >= 4 is 106 Å². The van der Waals surface area contributed by atoms with E-state index < -0.39 is 0 Å². The lowest BCUT2D eigenvalue weighted by Gasteiger charge is -2.23. The predicted molar refractivity (Wildman–Crippen MR) is 313 cm³/mol. The van der Waals surface area contributed by atoms with Crippen molar-refractivity contribution in [2.24, 2.45) is 22.9 Å². The van der Waals surface area contributed by atoms with E-state index in [-0.39, 0.29) is 35.6 Å². The van der Waals surface area contributed by atoms with E-state index in [1.807, 2.05) is 56.8 Å². The van der Waals surface area contributed by atoms with Gasteiger partial charge >= 0.3 is 0 Å². The van der Waals surface area contributed by atoms with Gasteiger partial charge in [-0.3, -0.25) is 30.6 Å². The average molecular weight is 1090 g/mol. The smallest absolute Gasteiger partial charge is 0.223 e. The molecular formula is C49H83N13O3S6. The highest BCUT2D eigenvalue weighted by molar-refractivity contribution is 8.00. The van der Waals surface area contributed by atoms with E-state index in [1.165, 1.54) is 22.3 Å². The van der Waals surface area contributed by atoms with Gasteiger partial charge in [0.2, 0.25) is 17.7 Å². The number of rotatable bonds is 43. The van der Waals surface area contributed by atoms with Crippen LogP contribution >= 0.6 is 70.6 Å². The number of guanidine groups is 3. The van der Waals surface area contributed by atoms with Crippen LogP contribution < -0.4 is 38.9 Å². The first-order chi connectivity index (χ1) is 34.4. The molecular weight excluding hydrogens is 1010 g/mol. The fourth-order valence-electron chi connectivity index (χ4n) is 6.72. The van der Waals surface area contributed by atoms with Crippen molar-refractivity contribution in [2.45, 2.75) is 68.0 Å². The lowest BCUT2D eigenvalue weighted by molar-refractivity contribution is -0.131. The van der Waals surface area contributed by atoms with Crippen LogP contribution in [0.4, 0.5) is 0 Å². The number of thioether (sulfide) groups is 6. The van der Waals surface area contributed by atoms with Gasteiger partial charge in [-0.05, 0) is 83.2 Å². The summed E-state index contributed by atoms with van der Waals surface area (Å²) in [4.78, 5) is 44.6. The highest BCUT2D eigenvalue weighted by Gasteiger charge is 2.16. The summed E-state index contributed by atoms with van der Waals surface area (Å²) in [6, 6.07) is 17.3. The SMILES string of the molecule is C=CCN(CCNC(=N)N)C(=O)CCSCc1ccc(CSCCCN(CCNC(=N)N)C(=O)CCSCc2ccc(CSCCCN(CCNC(=N)N)C(=O)CCSCCCSCCCN)cc2)cc1. The van der Waals surface area contributed by atoms with Crippen LogP contribution in [0.2, 0.25) is 0 Å². The largest absolute Gasteiger partial charge is 0.370 e. The van der Waals surface area contributed by atoms with Crippen molar-refractivity contribution in [2.75, 3.05) is 111 Å². The Balaban J connectivity index is 1.67. The van der Waals surface area contributed by atoms with Crippen LogP contribution in [0.3, 0.4) is 0 Å². The van der Waals surface area contributed by atoms with Gasteiger partial charge in [-0.2, -0.15) is 70.6 Å². The molecule has 16 nitrogen and oxygen atoms in total. The van der Waals surface area contributed by atoms with Crippen molar-refractivity contribution in [3.63, 3.8) is 0 Å². The maximum Gasteiger partial charge on any atom is 0.223 e. The molecule has 0 unspecified atom stereocenters. The third-order valence-corrected chi connectivity index (χ3v) is 17.0. The van der Waals surface area contributed by atoms with Crippen molar-refractivity contribution in [3.05, 3.63) is 83.4 Å². The predicted octanol–water partition coefficient (Wildman–Crippen LogP) is 5.60. The number of hydrogen-bond donors (Lipinski definition) is 10. The Hall–Kier alpha value is -3.54. The second-order valence-corrected chi connectivity index (χ2v) is 23.3. The first-order valence-electron chi connectivity index (χ1n) is 24.4. The fraction of sp³-hybridized carbons (Fsp3) is 0.592. The van der Waals surface area contributed by atoms with E-state index in [1.54, 1.807) is 34.5 Å². The van der Waals surface area contributed by atoms with Crippen molar-refractivity contribution < 1.29 is 14.4 Å². The molecule has 0 heterocycles. The summed E-state index contributed by atoms with van der Waals surface area (Å²) in [5.74, 6) is 10.9. The van der Waals surface area contributed by atoms with Crippen LogP contribution in [0, 0.1) is 16.2 Å².